The van der Waals surface area contributed by atoms with Crippen molar-refractivity contribution in [3.05, 3.63) is 0 Å². The molecule has 0 amide bonds. The van der Waals surface area contributed by atoms with E-state index in [0.29, 0.717) is 5.92 Å². The zero-order valence-electron chi connectivity index (χ0n) is 24.7. The number of unbranched alkanes of at least 4 members (excludes halogenated alkanes) is 22. The summed E-state index contributed by atoms with van der Waals surface area (Å²) in [5.41, 5.74) is 0. The highest BCUT2D eigenvalue weighted by atomic mass is 32.2. The zero-order chi connectivity index (χ0) is 25.7. The Balaban J connectivity index is 3.75. The summed E-state index contributed by atoms with van der Waals surface area (Å²) in [4.78, 5) is 0. The van der Waals surface area contributed by atoms with Crippen LogP contribution >= 0.6 is 24.0 Å². The number of hydrogen-bond acceptors (Lipinski definition) is 2. The van der Waals surface area contributed by atoms with Gasteiger partial charge in [0.2, 0.25) is 0 Å². The molecular weight excluding hydrogens is 460 g/mol. The van der Waals surface area contributed by atoms with Gasteiger partial charge >= 0.3 is 0 Å². The van der Waals surface area contributed by atoms with E-state index in [4.69, 9.17) is 12.2 Å². The quantitative estimate of drug-likeness (QED) is 0.0702. The van der Waals surface area contributed by atoms with Gasteiger partial charge in [0, 0.05) is 5.92 Å². The predicted molar refractivity (Wildman–Crippen MR) is 170 cm³/mol. The van der Waals surface area contributed by atoms with E-state index in [1.165, 1.54) is 183 Å². The summed E-state index contributed by atoms with van der Waals surface area (Å²) >= 11 is 7.86. The van der Waals surface area contributed by atoms with Crippen molar-refractivity contribution >= 4 is 28.2 Å². The van der Waals surface area contributed by atoms with Gasteiger partial charge in [0.05, 0.1) is 4.20 Å². The Morgan fingerprint density at radius 1 is 0.429 bits per heavy atom. The second-order valence-corrected chi connectivity index (χ2v) is 13.1. The molecule has 35 heavy (non-hydrogen) atoms. The summed E-state index contributed by atoms with van der Waals surface area (Å²) in [6.45, 7) is 6.89. The monoisotopic (exact) mass is 526 g/mol. The first-order valence-electron chi connectivity index (χ1n) is 16.4. The molecule has 0 aliphatic carbocycles. The molecule has 0 nitrogen and oxygen atoms in total. The van der Waals surface area contributed by atoms with Gasteiger partial charge in [-0.2, -0.15) is 0 Å². The van der Waals surface area contributed by atoms with E-state index in [9.17, 15) is 0 Å². The molecule has 0 rings (SSSR count). The normalized spacial score (nSPS) is 11.5. The minimum atomic E-state index is 0.702. The van der Waals surface area contributed by atoms with Crippen molar-refractivity contribution in [2.24, 2.45) is 5.92 Å². The number of hydrogen-bond donors (Lipinski definition) is 0. The summed E-state index contributed by atoms with van der Waals surface area (Å²) in [7, 11) is 0. The first kappa shape index (κ1) is 35.4. The van der Waals surface area contributed by atoms with Crippen molar-refractivity contribution in [3.63, 3.8) is 0 Å². The maximum Gasteiger partial charge on any atom is 0.0509 e. The average Bonchev–Trinajstić information content (AvgIpc) is 2.87. The van der Waals surface area contributed by atoms with Crippen LogP contribution in [-0.2, 0) is 0 Å². The highest BCUT2D eigenvalue weighted by Gasteiger charge is 2.14. The standard InChI is InChI=1S/C33H66S2/c1-4-7-9-11-13-15-17-19-21-23-25-27-29-32(33(34)35-31-6-3)30-28-26-24-22-20-18-16-14-12-10-8-5-2/h32H,4-31H2,1-3H3. The minimum Gasteiger partial charge on any atom is -0.119 e. The van der Waals surface area contributed by atoms with Crippen molar-refractivity contribution < 1.29 is 0 Å². The van der Waals surface area contributed by atoms with Crippen LogP contribution in [0, 0.1) is 5.92 Å². The molecular formula is C33H66S2. The lowest BCUT2D eigenvalue weighted by atomic mass is 9.95. The SMILES string of the molecule is CCCCCCCCCCCCCCC(CCCCCCCCCCCCCC)C(=S)SCCC. The van der Waals surface area contributed by atoms with Gasteiger partial charge in [-0.05, 0) is 25.0 Å². The molecule has 0 aromatic heterocycles. The van der Waals surface area contributed by atoms with Crippen molar-refractivity contribution in [1.29, 1.82) is 0 Å². The fourth-order valence-electron chi connectivity index (χ4n) is 5.16. The average molecular weight is 527 g/mol. The molecule has 0 fully saturated rings. The second kappa shape index (κ2) is 30.7. The van der Waals surface area contributed by atoms with E-state index in [2.05, 4.69) is 20.8 Å². The summed E-state index contributed by atoms with van der Waals surface area (Å²) in [5.74, 6) is 1.92. The molecule has 0 aliphatic heterocycles. The molecule has 0 aromatic carbocycles. The van der Waals surface area contributed by atoms with Crippen LogP contribution in [0.15, 0.2) is 0 Å². The van der Waals surface area contributed by atoms with E-state index >= 15 is 0 Å². The van der Waals surface area contributed by atoms with Gasteiger partial charge < -0.3 is 0 Å². The lowest BCUT2D eigenvalue weighted by molar-refractivity contribution is 0.482. The molecule has 0 bridgehead atoms. The van der Waals surface area contributed by atoms with Crippen LogP contribution in [-0.4, -0.2) is 9.95 Å². The molecule has 2 heteroatoms. The largest absolute Gasteiger partial charge is 0.119 e. The third kappa shape index (κ3) is 27.3. The Morgan fingerprint density at radius 3 is 1.00 bits per heavy atom. The highest BCUT2D eigenvalue weighted by Crippen LogP contribution is 2.26. The van der Waals surface area contributed by atoms with Gasteiger partial charge in [0.25, 0.3) is 0 Å². The summed E-state index contributed by atoms with van der Waals surface area (Å²) in [5, 5.41) is 0. The molecule has 0 unspecified atom stereocenters. The topological polar surface area (TPSA) is 0 Å². The molecule has 0 saturated carbocycles. The fraction of sp³-hybridized carbons (Fsp3) is 0.970. The van der Waals surface area contributed by atoms with Gasteiger partial charge in [0.1, 0.15) is 0 Å². The Morgan fingerprint density at radius 2 is 0.714 bits per heavy atom. The lowest BCUT2D eigenvalue weighted by Crippen LogP contribution is -2.10. The summed E-state index contributed by atoms with van der Waals surface area (Å²) in [6.07, 6.45) is 38.5. The van der Waals surface area contributed by atoms with Gasteiger partial charge in [0.15, 0.2) is 0 Å². The minimum absolute atomic E-state index is 0.702. The molecule has 0 aliphatic rings. The third-order valence-electron chi connectivity index (χ3n) is 7.59. The summed E-state index contributed by atoms with van der Waals surface area (Å²) in [6, 6.07) is 0. The van der Waals surface area contributed by atoms with E-state index in [-0.39, 0.29) is 0 Å². The van der Waals surface area contributed by atoms with Gasteiger partial charge in [-0.25, -0.2) is 0 Å². The molecule has 210 valence electrons. The second-order valence-electron chi connectivity index (χ2n) is 11.2. The highest BCUT2D eigenvalue weighted by molar-refractivity contribution is 8.23. The Labute approximate surface area is 233 Å². The van der Waals surface area contributed by atoms with Gasteiger partial charge in [-0.3, -0.25) is 0 Å². The van der Waals surface area contributed by atoms with Crippen LogP contribution in [0.3, 0.4) is 0 Å². The Hall–Kier alpha value is 0.440. The molecule has 0 saturated heterocycles. The first-order valence-corrected chi connectivity index (χ1v) is 17.8. The van der Waals surface area contributed by atoms with E-state index in [0.717, 1.165) is 0 Å². The maximum absolute atomic E-state index is 5.88. The smallest absolute Gasteiger partial charge is 0.0509 e. The molecule has 0 radical (unpaired) electrons. The van der Waals surface area contributed by atoms with E-state index < -0.39 is 0 Å². The molecule has 0 spiro atoms. The number of thioether (sulfide) groups is 1. The van der Waals surface area contributed by atoms with Crippen molar-refractivity contribution in [2.75, 3.05) is 5.75 Å². The van der Waals surface area contributed by atoms with Crippen LogP contribution < -0.4 is 0 Å². The van der Waals surface area contributed by atoms with Crippen molar-refractivity contribution in [1.82, 2.24) is 0 Å². The third-order valence-corrected chi connectivity index (χ3v) is 9.51. The lowest BCUT2D eigenvalue weighted by Gasteiger charge is -2.18. The Bertz CT molecular complexity index is 378. The molecule has 0 aromatic rings. The van der Waals surface area contributed by atoms with Crippen LogP contribution in [0.5, 0.6) is 0 Å². The van der Waals surface area contributed by atoms with Gasteiger partial charge in [-0.1, -0.05) is 187 Å². The van der Waals surface area contributed by atoms with Crippen LogP contribution in [0.4, 0.5) is 0 Å². The van der Waals surface area contributed by atoms with Gasteiger partial charge in [-0.15, -0.1) is 11.8 Å². The maximum atomic E-state index is 5.88. The predicted octanol–water partition coefficient (Wildman–Crippen LogP) is 13.3. The van der Waals surface area contributed by atoms with Crippen molar-refractivity contribution in [2.45, 2.75) is 194 Å². The van der Waals surface area contributed by atoms with Crippen LogP contribution in [0.1, 0.15) is 194 Å². The van der Waals surface area contributed by atoms with E-state index in [1.54, 1.807) is 0 Å². The summed E-state index contributed by atoms with van der Waals surface area (Å²) < 4.78 is 1.33. The van der Waals surface area contributed by atoms with E-state index in [1.807, 2.05) is 11.8 Å². The fourth-order valence-corrected chi connectivity index (χ4v) is 6.53. The molecule has 0 heterocycles. The molecule has 0 N–H and O–H groups in total. The first-order chi connectivity index (χ1) is 17.3. The van der Waals surface area contributed by atoms with Crippen LogP contribution in [0.2, 0.25) is 0 Å². The number of thiocarbonyl (C=S) groups is 1. The van der Waals surface area contributed by atoms with Crippen LogP contribution in [0.25, 0.3) is 0 Å². The molecule has 0 atom stereocenters. The van der Waals surface area contributed by atoms with Crippen molar-refractivity contribution in [3.8, 4) is 0 Å². The number of rotatable bonds is 29. The Kier molecular flexibility index (Phi) is 31.0. The zero-order valence-corrected chi connectivity index (χ0v) is 26.3.